The number of unbranched alkanes of at least 4 members (excludes halogenated alkanes) is 24. The summed E-state index contributed by atoms with van der Waals surface area (Å²) < 4.78 is 11.1. The van der Waals surface area contributed by atoms with Crippen LogP contribution in [0.15, 0.2) is 36.5 Å². The van der Waals surface area contributed by atoms with Gasteiger partial charge in [-0.2, -0.15) is 0 Å². The van der Waals surface area contributed by atoms with E-state index in [1.807, 2.05) is 0 Å². The van der Waals surface area contributed by atoms with Crippen LogP contribution in [0.2, 0.25) is 0 Å². The summed E-state index contributed by atoms with van der Waals surface area (Å²) in [4.78, 5) is 13.1. The Balaban J connectivity index is 2.37. The predicted molar refractivity (Wildman–Crippen MR) is 252 cm³/mol. The number of aliphatic hydroxyl groups excluding tert-OH is 7. The van der Waals surface area contributed by atoms with Gasteiger partial charge in [-0.15, -0.1) is 0 Å². The molecule has 0 aromatic rings. The zero-order valence-electron chi connectivity index (χ0n) is 39.4. The van der Waals surface area contributed by atoms with Crippen molar-refractivity contribution in [2.75, 3.05) is 13.2 Å². The first-order valence-corrected chi connectivity index (χ1v) is 25.4. The number of carbonyl (C=O) groups is 1. The van der Waals surface area contributed by atoms with Gasteiger partial charge in [0.25, 0.3) is 0 Å². The smallest absolute Gasteiger partial charge is 0.249 e. The zero-order chi connectivity index (χ0) is 45.5. The maximum absolute atomic E-state index is 13.1. The second-order valence-electron chi connectivity index (χ2n) is 17.9. The van der Waals surface area contributed by atoms with Crippen molar-refractivity contribution in [2.24, 2.45) is 0 Å². The zero-order valence-corrected chi connectivity index (χ0v) is 39.4. The van der Waals surface area contributed by atoms with Gasteiger partial charge in [0.2, 0.25) is 5.91 Å². The maximum atomic E-state index is 13.1. The van der Waals surface area contributed by atoms with Crippen LogP contribution in [0.1, 0.15) is 213 Å². The summed E-state index contributed by atoms with van der Waals surface area (Å²) in [5.41, 5.74) is 0. The van der Waals surface area contributed by atoms with Gasteiger partial charge in [-0.05, 0) is 77.0 Å². The fourth-order valence-corrected chi connectivity index (χ4v) is 7.92. The van der Waals surface area contributed by atoms with E-state index < -0.39 is 74.2 Å². The lowest BCUT2D eigenvalue weighted by Gasteiger charge is -2.40. The molecule has 0 spiro atoms. The Kier molecular flexibility index (Phi) is 38.4. The SMILES string of the molecule is CCCCC/C=C/CC/C=C/CCCC(O)C(O)C(COC1OC(CO)C(O)C(O)C1O)NC(=O)C(O)CCCCCCCCC/C=C\CCCCCCCCCCCCCC. The van der Waals surface area contributed by atoms with Crippen LogP contribution < -0.4 is 5.32 Å². The molecule has 0 radical (unpaired) electrons. The van der Waals surface area contributed by atoms with Crippen molar-refractivity contribution in [2.45, 2.75) is 268 Å². The van der Waals surface area contributed by atoms with Crippen LogP contribution in [0.4, 0.5) is 0 Å². The Hall–Kier alpha value is -1.67. The van der Waals surface area contributed by atoms with Gasteiger partial charge < -0.3 is 50.5 Å². The molecule has 9 unspecified atom stereocenters. The second kappa shape index (κ2) is 40.8. The summed E-state index contributed by atoms with van der Waals surface area (Å²) in [6, 6.07) is -1.19. The summed E-state index contributed by atoms with van der Waals surface area (Å²) in [7, 11) is 0. The van der Waals surface area contributed by atoms with E-state index in [4.69, 9.17) is 9.47 Å². The van der Waals surface area contributed by atoms with Crippen LogP contribution in [-0.4, -0.2) is 110 Å². The van der Waals surface area contributed by atoms with Crippen molar-refractivity contribution in [1.29, 1.82) is 0 Å². The normalized spacial score (nSPS) is 21.6. The lowest BCUT2D eigenvalue weighted by atomic mass is 9.98. The molecule has 1 fully saturated rings. The first kappa shape index (κ1) is 58.3. The van der Waals surface area contributed by atoms with E-state index in [0.29, 0.717) is 19.3 Å². The molecule has 364 valence electrons. The number of carbonyl (C=O) groups excluding carboxylic acids is 1. The van der Waals surface area contributed by atoms with Gasteiger partial charge in [-0.25, -0.2) is 0 Å². The minimum Gasteiger partial charge on any atom is -0.394 e. The fourth-order valence-electron chi connectivity index (χ4n) is 7.92. The number of hydrogen-bond donors (Lipinski definition) is 8. The first-order valence-electron chi connectivity index (χ1n) is 25.4. The van der Waals surface area contributed by atoms with Gasteiger partial charge in [-0.3, -0.25) is 4.79 Å². The molecule has 0 aromatic heterocycles. The van der Waals surface area contributed by atoms with Crippen LogP contribution in [-0.2, 0) is 14.3 Å². The highest BCUT2D eigenvalue weighted by Gasteiger charge is 2.44. The summed E-state index contributed by atoms with van der Waals surface area (Å²) in [5, 5.41) is 75.7. The van der Waals surface area contributed by atoms with E-state index in [0.717, 1.165) is 44.9 Å². The third kappa shape index (κ3) is 29.7. The Bertz CT molecular complexity index is 1100. The third-order valence-electron chi connectivity index (χ3n) is 12.1. The predicted octanol–water partition coefficient (Wildman–Crippen LogP) is 9.17. The molecule has 1 rings (SSSR count). The van der Waals surface area contributed by atoms with Crippen molar-refractivity contribution >= 4 is 5.91 Å². The van der Waals surface area contributed by atoms with Gasteiger partial charge in [0.15, 0.2) is 6.29 Å². The highest BCUT2D eigenvalue weighted by molar-refractivity contribution is 5.80. The summed E-state index contributed by atoms with van der Waals surface area (Å²) in [6.45, 7) is 3.39. The molecular formula is C51H95NO10. The number of aliphatic hydroxyl groups is 7. The summed E-state index contributed by atoms with van der Waals surface area (Å²) in [6.07, 6.45) is 36.3. The summed E-state index contributed by atoms with van der Waals surface area (Å²) >= 11 is 0. The molecule has 1 amide bonds. The molecule has 0 saturated carbocycles. The van der Waals surface area contributed by atoms with E-state index in [-0.39, 0.29) is 12.8 Å². The molecule has 11 heteroatoms. The molecule has 1 saturated heterocycles. The number of hydrogen-bond acceptors (Lipinski definition) is 10. The third-order valence-corrected chi connectivity index (χ3v) is 12.1. The van der Waals surface area contributed by atoms with Crippen LogP contribution in [0.5, 0.6) is 0 Å². The van der Waals surface area contributed by atoms with Crippen molar-refractivity contribution < 1.29 is 50.0 Å². The Labute approximate surface area is 377 Å². The van der Waals surface area contributed by atoms with Crippen molar-refractivity contribution in [3.8, 4) is 0 Å². The van der Waals surface area contributed by atoms with Gasteiger partial charge >= 0.3 is 0 Å². The molecule has 9 atom stereocenters. The van der Waals surface area contributed by atoms with E-state index >= 15 is 0 Å². The minimum atomic E-state index is -1.67. The molecule has 8 N–H and O–H groups in total. The number of rotatable bonds is 42. The average Bonchev–Trinajstić information content (AvgIpc) is 3.27. The molecule has 11 nitrogen and oxygen atoms in total. The minimum absolute atomic E-state index is 0.244. The monoisotopic (exact) mass is 882 g/mol. The molecule has 62 heavy (non-hydrogen) atoms. The highest BCUT2D eigenvalue weighted by atomic mass is 16.7. The number of ether oxygens (including phenoxy) is 2. The molecule has 1 heterocycles. The first-order chi connectivity index (χ1) is 30.2. The van der Waals surface area contributed by atoms with E-state index in [1.165, 1.54) is 122 Å². The van der Waals surface area contributed by atoms with Crippen molar-refractivity contribution in [3.05, 3.63) is 36.5 Å². The van der Waals surface area contributed by atoms with Crippen LogP contribution in [0, 0.1) is 0 Å². The molecule has 0 aromatic carbocycles. The van der Waals surface area contributed by atoms with Crippen LogP contribution in [0.3, 0.4) is 0 Å². The number of allylic oxidation sites excluding steroid dienone is 6. The lowest BCUT2D eigenvalue weighted by molar-refractivity contribution is -0.303. The Morgan fingerprint density at radius 3 is 1.47 bits per heavy atom. The fraction of sp³-hybridized carbons (Fsp3) is 0.863. The van der Waals surface area contributed by atoms with E-state index in [2.05, 4.69) is 55.6 Å². The largest absolute Gasteiger partial charge is 0.394 e. The molecular weight excluding hydrogens is 787 g/mol. The molecule has 0 bridgehead atoms. The number of nitrogens with one attached hydrogen (secondary N) is 1. The highest BCUT2D eigenvalue weighted by Crippen LogP contribution is 2.23. The second-order valence-corrected chi connectivity index (χ2v) is 17.9. The Morgan fingerprint density at radius 2 is 0.968 bits per heavy atom. The van der Waals surface area contributed by atoms with Crippen molar-refractivity contribution in [1.82, 2.24) is 5.32 Å². The quantitative estimate of drug-likeness (QED) is 0.0217. The van der Waals surface area contributed by atoms with Gasteiger partial charge in [0.05, 0.1) is 25.4 Å². The molecule has 1 aliphatic rings. The summed E-state index contributed by atoms with van der Waals surface area (Å²) in [5.74, 6) is -0.715. The standard InChI is InChI=1S/C51H95NO10/c1-3-5-7-9-11-13-15-17-18-19-20-21-22-23-24-25-26-27-29-31-33-35-37-39-44(55)50(60)52-42(41-61-51-49(59)48(58)47(57)45(40-53)62-51)46(56)43(54)38-36-34-32-30-28-16-14-12-10-8-6-4-2/h12,14,23-24,30,32,42-49,51,53-59H,3-11,13,15-22,25-29,31,33-41H2,1-2H3,(H,52,60)/b14-12+,24-23-,32-30+. The molecule has 0 aliphatic carbocycles. The van der Waals surface area contributed by atoms with Gasteiger partial charge in [0, 0.05) is 0 Å². The van der Waals surface area contributed by atoms with E-state index in [9.17, 15) is 40.5 Å². The van der Waals surface area contributed by atoms with Crippen LogP contribution in [0.25, 0.3) is 0 Å². The Morgan fingerprint density at radius 1 is 0.548 bits per heavy atom. The lowest BCUT2D eigenvalue weighted by Crippen LogP contribution is -2.60. The average molecular weight is 882 g/mol. The van der Waals surface area contributed by atoms with E-state index in [1.54, 1.807) is 0 Å². The van der Waals surface area contributed by atoms with Gasteiger partial charge in [-0.1, -0.05) is 172 Å². The topological polar surface area (TPSA) is 189 Å². The molecule has 1 aliphatic heterocycles. The maximum Gasteiger partial charge on any atom is 0.249 e. The number of amides is 1. The van der Waals surface area contributed by atoms with Gasteiger partial charge in [0.1, 0.15) is 36.6 Å². The van der Waals surface area contributed by atoms with Crippen LogP contribution >= 0.6 is 0 Å². The van der Waals surface area contributed by atoms with Crippen molar-refractivity contribution in [3.63, 3.8) is 0 Å².